The van der Waals surface area contributed by atoms with Gasteiger partial charge in [-0.05, 0) is 0 Å². The van der Waals surface area contributed by atoms with Gasteiger partial charge in [0.1, 0.15) is 0 Å². The standard InChI is InChI=1S/2C8H13Si.C2H7Si.2ClH.W/c2*1-9(2,3)8-6-4-5-7-8;1-3-2;;;/h2*4-7H,1-3H3;3H,1-2H3;2*1H;/q2*-1;;;;+2/p-2. The first-order valence-electron chi connectivity index (χ1n) is 8.12. The maximum absolute atomic E-state index is 4.93. The fourth-order valence-electron chi connectivity index (χ4n) is 1.75. The van der Waals surface area contributed by atoms with Gasteiger partial charge in [0.25, 0.3) is 0 Å². The van der Waals surface area contributed by atoms with Gasteiger partial charge in [-0.2, -0.15) is 36.4 Å². The van der Waals surface area contributed by atoms with Crippen molar-refractivity contribution in [3.05, 3.63) is 48.5 Å². The molecular formula is C18H33Cl2Si3W-2. The van der Waals surface area contributed by atoms with Gasteiger partial charge in [0, 0.05) is 25.7 Å². The molecule has 0 saturated carbocycles. The topological polar surface area (TPSA) is 0 Å². The Kier molecular flexibility index (Phi) is 16.5. The third-order valence-corrected chi connectivity index (χ3v) is 7.19. The zero-order valence-electron chi connectivity index (χ0n) is 16.4. The van der Waals surface area contributed by atoms with Crippen LogP contribution < -0.4 is 10.4 Å². The Hall–Kier alpha value is 0.619. The molecule has 0 saturated heterocycles. The van der Waals surface area contributed by atoms with Gasteiger partial charge in [0.15, 0.2) is 0 Å². The Morgan fingerprint density at radius 2 is 1.04 bits per heavy atom. The van der Waals surface area contributed by atoms with Crippen LogP contribution in [-0.4, -0.2) is 25.7 Å². The first-order chi connectivity index (χ1) is 11.0. The molecule has 0 N–H and O–H groups in total. The van der Waals surface area contributed by atoms with E-state index in [0.717, 1.165) is 9.52 Å². The van der Waals surface area contributed by atoms with Crippen LogP contribution in [0.15, 0.2) is 48.5 Å². The summed E-state index contributed by atoms with van der Waals surface area (Å²) in [5.74, 6) is 0. The van der Waals surface area contributed by atoms with E-state index in [-0.39, 0.29) is 0 Å². The molecule has 0 bridgehead atoms. The number of rotatable bonds is 2. The van der Waals surface area contributed by atoms with E-state index in [0.29, 0.717) is 0 Å². The van der Waals surface area contributed by atoms with Crippen LogP contribution in [0.5, 0.6) is 0 Å². The van der Waals surface area contributed by atoms with Crippen molar-refractivity contribution in [2.75, 3.05) is 0 Å². The molecule has 0 amide bonds. The van der Waals surface area contributed by atoms with E-state index in [9.17, 15) is 0 Å². The summed E-state index contributed by atoms with van der Waals surface area (Å²) in [6.45, 7) is 18.6. The molecule has 0 nitrogen and oxygen atoms in total. The molecule has 139 valence electrons. The summed E-state index contributed by atoms with van der Waals surface area (Å²) >= 11 is -0.806. The molecule has 0 aromatic heterocycles. The van der Waals surface area contributed by atoms with Gasteiger partial charge >= 0.3 is 35.3 Å². The second-order valence-electron chi connectivity index (χ2n) is 7.48. The van der Waals surface area contributed by atoms with Crippen LogP contribution in [-0.2, 0) is 16.5 Å². The van der Waals surface area contributed by atoms with Crippen LogP contribution >= 0.6 is 18.8 Å². The van der Waals surface area contributed by atoms with Crippen molar-refractivity contribution in [2.24, 2.45) is 0 Å². The van der Waals surface area contributed by atoms with E-state index in [1.165, 1.54) is 0 Å². The molecular weight excluding hydrogens is 555 g/mol. The van der Waals surface area contributed by atoms with Crippen LogP contribution in [0.2, 0.25) is 52.4 Å². The number of hydrogen-bond donors (Lipinski definition) is 0. The van der Waals surface area contributed by atoms with Crippen LogP contribution in [0.3, 0.4) is 0 Å². The number of hydrogen-bond acceptors (Lipinski definition) is 0. The van der Waals surface area contributed by atoms with Crippen molar-refractivity contribution in [1.29, 1.82) is 0 Å². The second kappa shape index (κ2) is 14.8. The SMILES string of the molecule is C[SiH]C.C[Si](C)(C)c1cc[cH-]c1.C[Si](C)(C)c1cc[cH-]c1.[Cl][W][Cl]. The van der Waals surface area contributed by atoms with Gasteiger partial charge in [0.05, 0.1) is 0 Å². The molecule has 0 fully saturated rings. The fourth-order valence-corrected chi connectivity index (χ4v) is 4.13. The quantitative estimate of drug-likeness (QED) is 0.308. The van der Waals surface area contributed by atoms with Crippen molar-refractivity contribution >= 4 is 54.9 Å². The Bertz CT molecular complexity index is 423. The predicted octanol–water partition coefficient (Wildman–Crippen LogP) is 5.80. The van der Waals surface area contributed by atoms with Gasteiger partial charge < -0.3 is 0 Å². The summed E-state index contributed by atoms with van der Waals surface area (Å²) in [7, 11) is 8.65. The molecule has 24 heavy (non-hydrogen) atoms. The molecule has 0 spiro atoms. The summed E-state index contributed by atoms with van der Waals surface area (Å²) in [6.07, 6.45) is 0. The number of halogens is 2. The first-order valence-corrected chi connectivity index (χ1v) is 24.7. The summed E-state index contributed by atoms with van der Waals surface area (Å²) in [5.41, 5.74) is 0. The molecule has 0 aliphatic carbocycles. The normalized spacial score (nSPS) is 10.4. The second-order valence-corrected chi connectivity index (χ2v) is 23.0. The van der Waals surface area contributed by atoms with Crippen LogP contribution in [0.25, 0.3) is 0 Å². The summed E-state index contributed by atoms with van der Waals surface area (Å²) < 4.78 is 0. The average Bonchev–Trinajstić information content (AvgIpc) is 3.14. The van der Waals surface area contributed by atoms with E-state index in [2.05, 4.69) is 101 Å². The molecule has 0 aliphatic heterocycles. The van der Waals surface area contributed by atoms with E-state index in [1.54, 1.807) is 10.4 Å². The molecule has 0 atom stereocenters. The minimum atomic E-state index is -0.981. The van der Waals surface area contributed by atoms with Gasteiger partial charge in [-0.25, -0.2) is 22.5 Å². The zero-order valence-corrected chi connectivity index (χ0v) is 24.0. The van der Waals surface area contributed by atoms with Gasteiger partial charge in [-0.1, -0.05) is 52.4 Å². The van der Waals surface area contributed by atoms with Crippen molar-refractivity contribution in [3.8, 4) is 0 Å². The van der Waals surface area contributed by atoms with Crippen molar-refractivity contribution < 1.29 is 16.5 Å². The zero-order chi connectivity index (χ0) is 19.2. The molecule has 6 heteroatoms. The molecule has 0 heterocycles. The Labute approximate surface area is 171 Å². The molecule has 1 radical (unpaired) electrons. The van der Waals surface area contributed by atoms with Crippen molar-refractivity contribution in [3.63, 3.8) is 0 Å². The van der Waals surface area contributed by atoms with E-state index >= 15 is 0 Å². The molecule has 2 aromatic carbocycles. The maximum atomic E-state index is 4.93. The Balaban J connectivity index is 0. The molecule has 2 rings (SSSR count). The van der Waals surface area contributed by atoms with Crippen LogP contribution in [0.4, 0.5) is 0 Å². The van der Waals surface area contributed by atoms with E-state index in [1.807, 2.05) is 0 Å². The van der Waals surface area contributed by atoms with Crippen LogP contribution in [0, 0.1) is 0 Å². The summed E-state index contributed by atoms with van der Waals surface area (Å²) in [5, 5.41) is 3.12. The molecule has 0 unspecified atom stereocenters. The molecule has 0 aliphatic rings. The third kappa shape index (κ3) is 14.9. The van der Waals surface area contributed by atoms with Crippen LogP contribution in [0.1, 0.15) is 0 Å². The fraction of sp³-hybridized carbons (Fsp3) is 0.444. The average molecular weight is 588 g/mol. The monoisotopic (exact) mass is 587 g/mol. The predicted molar refractivity (Wildman–Crippen MR) is 121 cm³/mol. The van der Waals surface area contributed by atoms with E-state index in [4.69, 9.17) is 18.8 Å². The van der Waals surface area contributed by atoms with Crippen molar-refractivity contribution in [1.82, 2.24) is 0 Å². The molecule has 2 aromatic rings. The first kappa shape index (κ1) is 26.8. The van der Waals surface area contributed by atoms with E-state index < -0.39 is 32.6 Å². The van der Waals surface area contributed by atoms with Gasteiger partial charge in [-0.15, -0.1) is 0 Å². The summed E-state index contributed by atoms with van der Waals surface area (Å²) in [4.78, 5) is 0. The van der Waals surface area contributed by atoms with Gasteiger partial charge in [-0.3, -0.25) is 0 Å². The Morgan fingerprint density at radius 1 is 0.792 bits per heavy atom. The summed E-state index contributed by atoms with van der Waals surface area (Å²) in [6, 6.07) is 17.4. The Morgan fingerprint density at radius 3 is 1.12 bits per heavy atom. The minimum absolute atomic E-state index is 0.750. The third-order valence-electron chi connectivity index (χ3n) is 3.06. The van der Waals surface area contributed by atoms with Crippen molar-refractivity contribution in [2.45, 2.75) is 52.4 Å². The van der Waals surface area contributed by atoms with Gasteiger partial charge in [0.2, 0.25) is 0 Å².